The summed E-state index contributed by atoms with van der Waals surface area (Å²) in [6.45, 7) is 5.04. The summed E-state index contributed by atoms with van der Waals surface area (Å²) in [5, 5.41) is 2.58. The summed E-state index contributed by atoms with van der Waals surface area (Å²) in [7, 11) is -1.22. The van der Waals surface area contributed by atoms with E-state index in [4.69, 9.17) is 4.74 Å². The van der Waals surface area contributed by atoms with Gasteiger partial charge in [-0.15, -0.1) is 0 Å². The van der Waals surface area contributed by atoms with E-state index in [1.165, 1.54) is 31.2 Å². The van der Waals surface area contributed by atoms with Gasteiger partial charge in [-0.25, -0.2) is 8.42 Å². The van der Waals surface area contributed by atoms with Gasteiger partial charge in [-0.3, -0.25) is 13.9 Å². The SMILES string of the molecule is CNC(=O)[C@H](C)N(Cc1cccc(C)c1)C(=O)CN(c1ccccc1OC)S(=O)(=O)c1ccc(C)cc1. The number of para-hydroxylation sites is 2. The molecule has 3 aromatic carbocycles. The molecular formula is C28H33N3O5S. The summed E-state index contributed by atoms with van der Waals surface area (Å²) in [6.07, 6.45) is 0. The van der Waals surface area contributed by atoms with Gasteiger partial charge >= 0.3 is 0 Å². The number of carbonyl (C=O) groups excluding carboxylic acids is 2. The molecule has 3 rings (SSSR count). The summed E-state index contributed by atoms with van der Waals surface area (Å²) >= 11 is 0. The van der Waals surface area contributed by atoms with Crippen molar-refractivity contribution in [1.82, 2.24) is 10.2 Å². The van der Waals surface area contributed by atoms with Crippen molar-refractivity contribution >= 4 is 27.5 Å². The number of sulfonamides is 1. The Morgan fingerprint density at radius 2 is 1.62 bits per heavy atom. The minimum atomic E-state index is -4.16. The summed E-state index contributed by atoms with van der Waals surface area (Å²) < 4.78 is 34.2. The molecule has 1 atom stereocenters. The van der Waals surface area contributed by atoms with E-state index in [9.17, 15) is 18.0 Å². The van der Waals surface area contributed by atoms with Gasteiger partial charge in [0.15, 0.2) is 0 Å². The van der Waals surface area contributed by atoms with Crippen LogP contribution in [0.15, 0.2) is 77.7 Å². The van der Waals surface area contributed by atoms with Crippen molar-refractivity contribution < 1.29 is 22.7 Å². The molecule has 0 aromatic heterocycles. The minimum absolute atomic E-state index is 0.0430. The van der Waals surface area contributed by atoms with Crippen LogP contribution in [0.25, 0.3) is 0 Å². The van der Waals surface area contributed by atoms with Crippen molar-refractivity contribution in [2.24, 2.45) is 0 Å². The third-order valence-corrected chi connectivity index (χ3v) is 7.86. The number of anilines is 1. The highest BCUT2D eigenvalue weighted by Gasteiger charge is 2.33. The number of methoxy groups -OCH3 is 1. The molecule has 0 spiro atoms. The molecule has 9 heteroatoms. The first-order valence-corrected chi connectivity index (χ1v) is 13.3. The Balaban J connectivity index is 2.07. The zero-order chi connectivity index (χ0) is 27.2. The zero-order valence-corrected chi connectivity index (χ0v) is 22.6. The fourth-order valence-electron chi connectivity index (χ4n) is 3.99. The van der Waals surface area contributed by atoms with Crippen molar-refractivity contribution in [3.05, 3.63) is 89.5 Å². The molecule has 0 aliphatic carbocycles. The third-order valence-electron chi connectivity index (χ3n) is 6.09. The van der Waals surface area contributed by atoms with Crippen LogP contribution in [0.3, 0.4) is 0 Å². The fraction of sp³-hybridized carbons (Fsp3) is 0.286. The Morgan fingerprint density at radius 3 is 2.24 bits per heavy atom. The number of aryl methyl sites for hydroxylation is 2. The average molecular weight is 524 g/mol. The van der Waals surface area contributed by atoms with Crippen LogP contribution in [0.1, 0.15) is 23.6 Å². The van der Waals surface area contributed by atoms with Crippen LogP contribution in [0, 0.1) is 13.8 Å². The maximum Gasteiger partial charge on any atom is 0.264 e. The van der Waals surface area contributed by atoms with Gasteiger partial charge in [-0.2, -0.15) is 0 Å². The van der Waals surface area contributed by atoms with Gasteiger partial charge in [0, 0.05) is 13.6 Å². The molecular weight excluding hydrogens is 490 g/mol. The Morgan fingerprint density at radius 1 is 0.946 bits per heavy atom. The number of carbonyl (C=O) groups is 2. The second-order valence-electron chi connectivity index (χ2n) is 8.80. The van der Waals surface area contributed by atoms with E-state index in [2.05, 4.69) is 5.32 Å². The minimum Gasteiger partial charge on any atom is -0.495 e. The number of rotatable bonds is 10. The predicted molar refractivity (Wildman–Crippen MR) is 144 cm³/mol. The lowest BCUT2D eigenvalue weighted by Gasteiger charge is -2.32. The van der Waals surface area contributed by atoms with Crippen molar-refractivity contribution in [2.45, 2.75) is 38.3 Å². The first-order valence-electron chi connectivity index (χ1n) is 11.9. The normalized spacial score (nSPS) is 11.9. The van der Waals surface area contributed by atoms with Gasteiger partial charge in [-0.05, 0) is 50.6 Å². The van der Waals surface area contributed by atoms with Crippen molar-refractivity contribution in [1.29, 1.82) is 0 Å². The molecule has 0 bridgehead atoms. The number of hydrogen-bond donors (Lipinski definition) is 1. The highest BCUT2D eigenvalue weighted by Crippen LogP contribution is 2.32. The van der Waals surface area contributed by atoms with Crippen LogP contribution in [0.2, 0.25) is 0 Å². The number of ether oxygens (including phenoxy) is 1. The molecule has 0 aliphatic rings. The van der Waals surface area contributed by atoms with E-state index < -0.39 is 28.5 Å². The summed E-state index contributed by atoms with van der Waals surface area (Å²) in [5.74, 6) is -0.582. The Kier molecular flexibility index (Phi) is 8.94. The maximum atomic E-state index is 13.9. The van der Waals surface area contributed by atoms with E-state index in [0.717, 1.165) is 21.0 Å². The van der Waals surface area contributed by atoms with Gasteiger partial charge in [0.25, 0.3) is 10.0 Å². The number of nitrogens with zero attached hydrogens (tertiary/aromatic N) is 2. The Hall–Kier alpha value is -3.85. The van der Waals surface area contributed by atoms with E-state index in [1.54, 1.807) is 43.3 Å². The smallest absolute Gasteiger partial charge is 0.264 e. The van der Waals surface area contributed by atoms with Crippen LogP contribution in [-0.2, 0) is 26.2 Å². The van der Waals surface area contributed by atoms with Crippen molar-refractivity contribution in [2.75, 3.05) is 25.0 Å². The van der Waals surface area contributed by atoms with Gasteiger partial charge in [0.1, 0.15) is 18.3 Å². The molecule has 0 aliphatic heterocycles. The zero-order valence-electron chi connectivity index (χ0n) is 21.8. The third kappa shape index (κ3) is 6.48. The average Bonchev–Trinajstić information content (AvgIpc) is 2.89. The van der Waals surface area contributed by atoms with Crippen LogP contribution >= 0.6 is 0 Å². The molecule has 8 nitrogen and oxygen atoms in total. The lowest BCUT2D eigenvalue weighted by molar-refractivity contribution is -0.139. The first-order chi connectivity index (χ1) is 17.6. The summed E-state index contributed by atoms with van der Waals surface area (Å²) in [5.41, 5.74) is 2.97. The highest BCUT2D eigenvalue weighted by atomic mass is 32.2. The molecule has 3 aromatic rings. The molecule has 0 saturated carbocycles. The topological polar surface area (TPSA) is 96.0 Å². The first kappa shape index (κ1) is 27.7. The van der Waals surface area contributed by atoms with Crippen LogP contribution < -0.4 is 14.4 Å². The molecule has 196 valence electrons. The summed E-state index contributed by atoms with van der Waals surface area (Å²) in [4.78, 5) is 27.8. The number of nitrogens with one attached hydrogen (secondary N) is 1. The second kappa shape index (κ2) is 11.9. The number of benzene rings is 3. The highest BCUT2D eigenvalue weighted by molar-refractivity contribution is 7.92. The molecule has 1 N–H and O–H groups in total. The van der Waals surface area contributed by atoms with Crippen LogP contribution in [0.5, 0.6) is 5.75 Å². The molecule has 0 saturated heterocycles. The van der Waals surface area contributed by atoms with Gasteiger partial charge < -0.3 is 15.0 Å². The van der Waals surface area contributed by atoms with E-state index in [0.29, 0.717) is 5.75 Å². The Labute approximate surface area is 218 Å². The van der Waals surface area contributed by atoms with E-state index in [-0.39, 0.29) is 23.0 Å². The van der Waals surface area contributed by atoms with E-state index >= 15 is 0 Å². The van der Waals surface area contributed by atoms with Crippen LogP contribution in [0.4, 0.5) is 5.69 Å². The molecule has 0 unspecified atom stereocenters. The predicted octanol–water partition coefficient (Wildman–Crippen LogP) is 3.67. The summed E-state index contributed by atoms with van der Waals surface area (Å²) in [6, 6.07) is 19.8. The van der Waals surface area contributed by atoms with Gasteiger partial charge in [0.05, 0.1) is 17.7 Å². The number of likely N-dealkylation sites (N-methyl/N-ethyl adjacent to an activating group) is 1. The largest absolute Gasteiger partial charge is 0.495 e. The Bertz CT molecular complexity index is 1360. The number of hydrogen-bond acceptors (Lipinski definition) is 5. The fourth-order valence-corrected chi connectivity index (χ4v) is 5.41. The van der Waals surface area contributed by atoms with Crippen molar-refractivity contribution in [3.63, 3.8) is 0 Å². The molecule has 0 fully saturated rings. The van der Waals surface area contributed by atoms with Gasteiger partial charge in [0.2, 0.25) is 11.8 Å². The molecule has 2 amide bonds. The lowest BCUT2D eigenvalue weighted by Crippen LogP contribution is -2.50. The maximum absolute atomic E-state index is 13.9. The molecule has 37 heavy (non-hydrogen) atoms. The quantitative estimate of drug-likeness (QED) is 0.438. The van der Waals surface area contributed by atoms with Crippen LogP contribution in [-0.4, -0.2) is 51.9 Å². The standard InChI is InChI=1S/C28H33N3O5S/c1-20-13-15-24(16-14-20)37(34,35)31(25-11-6-7-12-26(25)36-5)19-27(32)30(22(3)28(33)29-4)18-23-10-8-9-21(2)17-23/h6-17,22H,18-19H2,1-5H3,(H,29,33)/t22-/m0/s1. The van der Waals surface area contributed by atoms with E-state index in [1.807, 2.05) is 38.1 Å². The lowest BCUT2D eigenvalue weighted by atomic mass is 10.1. The molecule has 0 radical (unpaired) electrons. The molecule has 0 heterocycles. The van der Waals surface area contributed by atoms with Gasteiger partial charge in [-0.1, -0.05) is 59.7 Å². The monoisotopic (exact) mass is 523 g/mol. The second-order valence-corrected chi connectivity index (χ2v) is 10.7. The van der Waals surface area contributed by atoms with Crippen molar-refractivity contribution in [3.8, 4) is 5.75 Å². The number of amides is 2.